The molecule has 0 saturated carbocycles. The maximum absolute atomic E-state index is 14.2. The van der Waals surface area contributed by atoms with Crippen molar-refractivity contribution in [2.45, 2.75) is 24.0 Å². The number of aromatic nitrogens is 4. The van der Waals surface area contributed by atoms with Gasteiger partial charge in [-0.05, 0) is 54.6 Å². The van der Waals surface area contributed by atoms with Gasteiger partial charge in [-0.1, -0.05) is 12.1 Å². The molecule has 0 saturated heterocycles. The molecule has 8 nitrogen and oxygen atoms in total. The second-order valence-corrected chi connectivity index (χ2v) is 8.44. The maximum atomic E-state index is 14.2. The Balaban J connectivity index is 1.97. The minimum Gasteiger partial charge on any atom is -0.319 e. The van der Waals surface area contributed by atoms with Gasteiger partial charge >= 0.3 is 0 Å². The molecular formula is C17H16FN5O3S. The Hall–Kier alpha value is -3.14. The van der Waals surface area contributed by atoms with Gasteiger partial charge in [-0.2, -0.15) is 0 Å². The minimum absolute atomic E-state index is 0.0570. The molecule has 0 aliphatic carbocycles. The molecule has 0 atom stereocenters. The molecule has 10 heteroatoms. The molecule has 0 aliphatic rings. The lowest BCUT2D eigenvalue weighted by atomic mass is 10.2. The normalized spacial score (nSPS) is 11.6. The summed E-state index contributed by atoms with van der Waals surface area (Å²) in [5.41, 5.74) is 0.253. The first-order valence-electron chi connectivity index (χ1n) is 7.98. The molecule has 1 N–H and O–H groups in total. The lowest BCUT2D eigenvalue weighted by molar-refractivity contribution is 0.102. The number of sulfone groups is 1. The van der Waals surface area contributed by atoms with Gasteiger partial charge in [-0.3, -0.25) is 4.79 Å². The van der Waals surface area contributed by atoms with E-state index in [0.717, 1.165) is 6.07 Å². The van der Waals surface area contributed by atoms with Crippen molar-refractivity contribution in [3.63, 3.8) is 0 Å². The molecule has 27 heavy (non-hydrogen) atoms. The summed E-state index contributed by atoms with van der Waals surface area (Å²) in [6, 6.07) is 9.77. The van der Waals surface area contributed by atoms with Gasteiger partial charge in [0.1, 0.15) is 12.1 Å². The summed E-state index contributed by atoms with van der Waals surface area (Å²) >= 11 is 0. The number of benzene rings is 2. The number of amides is 1. The van der Waals surface area contributed by atoms with Crippen LogP contribution in [0.15, 0.2) is 53.7 Å². The predicted octanol–water partition coefficient (Wildman–Crippen LogP) is 2.24. The zero-order valence-electron chi connectivity index (χ0n) is 14.5. The largest absolute Gasteiger partial charge is 0.319 e. The first-order valence-corrected chi connectivity index (χ1v) is 9.52. The monoisotopic (exact) mass is 389 g/mol. The van der Waals surface area contributed by atoms with Gasteiger partial charge < -0.3 is 5.32 Å². The van der Waals surface area contributed by atoms with Crippen LogP contribution in [-0.4, -0.2) is 39.8 Å². The Morgan fingerprint density at radius 1 is 1.19 bits per heavy atom. The summed E-state index contributed by atoms with van der Waals surface area (Å²) in [6.07, 6.45) is 1.32. The summed E-state index contributed by atoms with van der Waals surface area (Å²) in [5, 5.41) is 12.4. The molecule has 1 aromatic heterocycles. The van der Waals surface area contributed by atoms with Crippen molar-refractivity contribution < 1.29 is 17.6 Å². The number of hydrogen-bond donors (Lipinski definition) is 1. The highest BCUT2D eigenvalue weighted by Crippen LogP contribution is 2.23. The molecule has 0 aliphatic heterocycles. The lowest BCUT2D eigenvalue weighted by Gasteiger charge is -2.13. The topological polar surface area (TPSA) is 107 Å². The number of carbonyl (C=O) groups is 1. The zero-order valence-corrected chi connectivity index (χ0v) is 15.3. The van der Waals surface area contributed by atoms with Gasteiger partial charge in [0.05, 0.1) is 27.1 Å². The first kappa shape index (κ1) is 18.6. The van der Waals surface area contributed by atoms with Gasteiger partial charge in [-0.25, -0.2) is 17.5 Å². The predicted molar refractivity (Wildman–Crippen MR) is 95.8 cm³/mol. The highest BCUT2D eigenvalue weighted by molar-refractivity contribution is 7.92. The van der Waals surface area contributed by atoms with Crippen LogP contribution in [0.25, 0.3) is 5.69 Å². The van der Waals surface area contributed by atoms with Gasteiger partial charge in [0.2, 0.25) is 0 Å². The molecule has 140 valence electrons. The van der Waals surface area contributed by atoms with Crippen molar-refractivity contribution in [3.8, 4) is 5.69 Å². The standard InChI is InChI=1S/C17H16FN5O3S/c1-11(2)27(25,26)16-6-4-3-5-13(16)17(24)20-15-9-12(7-8-14(15)18)23-10-19-21-22-23/h3-11H,1-2H3,(H,20,24). The second-order valence-electron chi connectivity index (χ2n) is 5.96. The van der Waals surface area contributed by atoms with E-state index in [1.165, 1.54) is 55.2 Å². The van der Waals surface area contributed by atoms with Crippen molar-refractivity contribution in [2.75, 3.05) is 5.32 Å². The van der Waals surface area contributed by atoms with Crippen LogP contribution in [-0.2, 0) is 9.84 Å². The molecule has 1 heterocycles. The fourth-order valence-electron chi connectivity index (χ4n) is 2.38. The molecule has 0 unspecified atom stereocenters. The number of halogens is 1. The summed E-state index contributed by atoms with van der Waals surface area (Å²) < 4.78 is 40.5. The van der Waals surface area contributed by atoms with Gasteiger partial charge in [0.25, 0.3) is 5.91 Å². The third-order valence-electron chi connectivity index (χ3n) is 3.87. The Morgan fingerprint density at radius 2 is 1.93 bits per heavy atom. The summed E-state index contributed by atoms with van der Waals surface area (Å²) in [6.45, 7) is 3.05. The molecule has 0 radical (unpaired) electrons. The van der Waals surface area contributed by atoms with Crippen molar-refractivity contribution in [1.29, 1.82) is 0 Å². The quantitative estimate of drug-likeness (QED) is 0.717. The average Bonchev–Trinajstić information content (AvgIpc) is 3.18. The van der Waals surface area contributed by atoms with E-state index < -0.39 is 26.8 Å². The lowest BCUT2D eigenvalue weighted by Crippen LogP contribution is -2.21. The van der Waals surface area contributed by atoms with E-state index in [2.05, 4.69) is 20.8 Å². The van der Waals surface area contributed by atoms with E-state index in [9.17, 15) is 17.6 Å². The minimum atomic E-state index is -3.68. The van der Waals surface area contributed by atoms with Crippen LogP contribution in [0.3, 0.4) is 0 Å². The summed E-state index contributed by atoms with van der Waals surface area (Å²) in [5.74, 6) is -1.41. The summed E-state index contributed by atoms with van der Waals surface area (Å²) in [4.78, 5) is 12.6. The maximum Gasteiger partial charge on any atom is 0.257 e. The number of anilines is 1. The molecule has 0 bridgehead atoms. The van der Waals surface area contributed by atoms with Gasteiger partial charge in [-0.15, -0.1) is 5.10 Å². The number of rotatable bonds is 5. The van der Waals surface area contributed by atoms with E-state index in [-0.39, 0.29) is 16.1 Å². The van der Waals surface area contributed by atoms with Crippen molar-refractivity contribution in [1.82, 2.24) is 20.2 Å². The molecule has 2 aromatic carbocycles. The van der Waals surface area contributed by atoms with Crippen LogP contribution in [0.2, 0.25) is 0 Å². The Labute approximate surface area is 154 Å². The SMILES string of the molecule is CC(C)S(=O)(=O)c1ccccc1C(=O)Nc1cc(-n2cnnn2)ccc1F. The van der Waals surface area contributed by atoms with Crippen molar-refractivity contribution in [3.05, 3.63) is 60.2 Å². The van der Waals surface area contributed by atoms with E-state index in [1.807, 2.05) is 0 Å². The Bertz CT molecular complexity index is 1080. The van der Waals surface area contributed by atoms with E-state index in [4.69, 9.17) is 0 Å². The highest BCUT2D eigenvalue weighted by Gasteiger charge is 2.25. The van der Waals surface area contributed by atoms with E-state index in [0.29, 0.717) is 5.69 Å². The Morgan fingerprint density at radius 3 is 2.59 bits per heavy atom. The number of hydrogen-bond acceptors (Lipinski definition) is 6. The van der Waals surface area contributed by atoms with Crippen LogP contribution in [0.1, 0.15) is 24.2 Å². The van der Waals surface area contributed by atoms with E-state index in [1.54, 1.807) is 6.07 Å². The van der Waals surface area contributed by atoms with Gasteiger partial charge in [0.15, 0.2) is 9.84 Å². The number of nitrogens with zero attached hydrogens (tertiary/aromatic N) is 4. The zero-order chi connectivity index (χ0) is 19.6. The Kier molecular flexibility index (Phi) is 5.00. The van der Waals surface area contributed by atoms with Crippen molar-refractivity contribution >= 4 is 21.4 Å². The molecule has 1 amide bonds. The molecular weight excluding hydrogens is 373 g/mol. The highest BCUT2D eigenvalue weighted by atomic mass is 32.2. The van der Waals surface area contributed by atoms with Crippen LogP contribution < -0.4 is 5.32 Å². The summed E-state index contributed by atoms with van der Waals surface area (Å²) in [7, 11) is -3.68. The van der Waals surface area contributed by atoms with E-state index >= 15 is 0 Å². The van der Waals surface area contributed by atoms with Crippen LogP contribution in [0.4, 0.5) is 10.1 Å². The third kappa shape index (κ3) is 3.70. The van der Waals surface area contributed by atoms with Crippen LogP contribution >= 0.6 is 0 Å². The number of tetrazole rings is 1. The molecule has 3 rings (SSSR count). The van der Waals surface area contributed by atoms with Crippen LogP contribution in [0.5, 0.6) is 0 Å². The fraction of sp³-hybridized carbons (Fsp3) is 0.176. The molecule has 0 fully saturated rings. The average molecular weight is 389 g/mol. The first-order chi connectivity index (χ1) is 12.8. The number of carbonyl (C=O) groups excluding carboxylic acids is 1. The smallest absolute Gasteiger partial charge is 0.257 e. The fourth-order valence-corrected chi connectivity index (χ4v) is 3.62. The molecule has 3 aromatic rings. The van der Waals surface area contributed by atoms with Crippen LogP contribution in [0, 0.1) is 5.82 Å². The van der Waals surface area contributed by atoms with Gasteiger partial charge in [0, 0.05) is 0 Å². The second kappa shape index (κ2) is 7.23. The molecule has 0 spiro atoms. The van der Waals surface area contributed by atoms with Crippen molar-refractivity contribution in [2.24, 2.45) is 0 Å². The third-order valence-corrected chi connectivity index (χ3v) is 6.08. The number of nitrogens with one attached hydrogen (secondary N) is 1.